The standard InChI is InChI=1S/C22H25IN4O/c1-13-18(23)8-9-20(25-13)27-19-10-15(16-11-24-14(2)26(5)12-16)6-7-17(19)22(3,4)21(27)28/h6-11,20,25H,12H2,1-5H3. The minimum absolute atomic E-state index is 0.120. The van der Waals surface area contributed by atoms with E-state index in [0.717, 1.165) is 44.0 Å². The average molecular weight is 488 g/mol. The third-order valence-electron chi connectivity index (χ3n) is 5.85. The normalized spacial score (nSPS) is 23.5. The first-order valence-corrected chi connectivity index (χ1v) is 10.5. The Morgan fingerprint density at radius 3 is 2.71 bits per heavy atom. The van der Waals surface area contributed by atoms with Crippen LogP contribution in [0, 0.1) is 0 Å². The van der Waals surface area contributed by atoms with Gasteiger partial charge in [0.1, 0.15) is 12.0 Å². The van der Waals surface area contributed by atoms with Crippen LogP contribution in [0.15, 0.2) is 50.8 Å². The molecule has 0 saturated heterocycles. The van der Waals surface area contributed by atoms with Crippen LogP contribution in [0.3, 0.4) is 0 Å². The summed E-state index contributed by atoms with van der Waals surface area (Å²) in [6.45, 7) is 8.89. The zero-order valence-corrected chi connectivity index (χ0v) is 19.0. The summed E-state index contributed by atoms with van der Waals surface area (Å²) >= 11 is 2.31. The molecule has 0 spiro atoms. The topological polar surface area (TPSA) is 47.9 Å². The zero-order valence-electron chi connectivity index (χ0n) is 16.9. The Kier molecular flexibility index (Phi) is 4.64. The fourth-order valence-electron chi connectivity index (χ4n) is 3.90. The molecule has 4 rings (SSSR count). The number of rotatable bonds is 2. The van der Waals surface area contributed by atoms with Crippen molar-refractivity contribution >= 4 is 45.6 Å². The Labute approximate surface area is 180 Å². The van der Waals surface area contributed by atoms with Gasteiger partial charge in [0.25, 0.3) is 0 Å². The number of carbonyl (C=O) groups is 1. The third-order valence-corrected chi connectivity index (χ3v) is 7.02. The van der Waals surface area contributed by atoms with Crippen molar-refractivity contribution in [2.75, 3.05) is 18.5 Å². The molecule has 1 unspecified atom stereocenters. The van der Waals surface area contributed by atoms with E-state index in [0.29, 0.717) is 0 Å². The van der Waals surface area contributed by atoms with Crippen LogP contribution in [0.1, 0.15) is 38.8 Å². The van der Waals surface area contributed by atoms with E-state index >= 15 is 0 Å². The van der Waals surface area contributed by atoms with Crippen molar-refractivity contribution in [1.29, 1.82) is 0 Å². The Morgan fingerprint density at radius 2 is 2.04 bits per heavy atom. The highest BCUT2D eigenvalue weighted by atomic mass is 127. The van der Waals surface area contributed by atoms with Gasteiger partial charge in [-0.05, 0) is 85.2 Å². The number of aliphatic imine (C=N–C) groups is 1. The van der Waals surface area contributed by atoms with Crippen LogP contribution >= 0.6 is 22.6 Å². The summed E-state index contributed by atoms with van der Waals surface area (Å²) in [7, 11) is 2.05. The number of halogens is 1. The van der Waals surface area contributed by atoms with Gasteiger partial charge in [0.05, 0.1) is 11.1 Å². The van der Waals surface area contributed by atoms with Crippen LogP contribution in [-0.2, 0) is 10.2 Å². The first-order valence-electron chi connectivity index (χ1n) is 9.44. The Bertz CT molecular complexity index is 986. The fourth-order valence-corrected chi connectivity index (χ4v) is 4.26. The van der Waals surface area contributed by atoms with Crippen LogP contribution in [0.4, 0.5) is 5.69 Å². The Morgan fingerprint density at radius 1 is 1.29 bits per heavy atom. The molecule has 0 fully saturated rings. The molecule has 1 aromatic carbocycles. The van der Waals surface area contributed by atoms with Crippen LogP contribution < -0.4 is 10.2 Å². The molecular weight excluding hydrogens is 463 g/mol. The van der Waals surface area contributed by atoms with E-state index in [2.05, 4.69) is 68.2 Å². The summed E-state index contributed by atoms with van der Waals surface area (Å²) in [5, 5.41) is 3.47. The summed E-state index contributed by atoms with van der Waals surface area (Å²) in [5.41, 5.74) is 4.87. The van der Waals surface area contributed by atoms with E-state index in [4.69, 9.17) is 0 Å². The van der Waals surface area contributed by atoms with Gasteiger partial charge in [-0.3, -0.25) is 9.69 Å². The number of hydrogen-bond acceptors (Lipinski definition) is 4. The highest BCUT2D eigenvalue weighted by molar-refractivity contribution is 14.1. The molecule has 146 valence electrons. The van der Waals surface area contributed by atoms with Crippen LogP contribution in [0.25, 0.3) is 5.57 Å². The number of nitrogens with one attached hydrogen (secondary N) is 1. The minimum Gasteiger partial charge on any atom is -0.364 e. The monoisotopic (exact) mass is 488 g/mol. The molecule has 3 aliphatic rings. The predicted octanol–water partition coefficient (Wildman–Crippen LogP) is 4.17. The lowest BCUT2D eigenvalue weighted by Crippen LogP contribution is -2.49. The SMILES string of the molecule is CC1=NC=C(c2ccc3c(c2)N(C2C=CC(I)=C(C)N2)C(=O)C3(C)C)CN1C. The second kappa shape index (κ2) is 6.76. The van der Waals surface area contributed by atoms with Crippen molar-refractivity contribution in [3.05, 3.63) is 57.0 Å². The molecule has 0 radical (unpaired) electrons. The molecule has 3 heterocycles. The van der Waals surface area contributed by atoms with Crippen molar-refractivity contribution < 1.29 is 4.79 Å². The lowest BCUT2D eigenvalue weighted by Gasteiger charge is -2.32. The van der Waals surface area contributed by atoms with E-state index in [1.807, 2.05) is 45.8 Å². The largest absolute Gasteiger partial charge is 0.364 e. The molecule has 1 amide bonds. The number of anilines is 1. The lowest BCUT2D eigenvalue weighted by molar-refractivity contribution is -0.122. The second-order valence-electron chi connectivity index (χ2n) is 8.14. The molecule has 6 heteroatoms. The number of fused-ring (bicyclic) bond motifs is 1. The van der Waals surface area contributed by atoms with Gasteiger partial charge in [-0.2, -0.15) is 0 Å². The quantitative estimate of drug-likeness (QED) is 0.636. The maximum absolute atomic E-state index is 13.3. The van der Waals surface area contributed by atoms with Crippen molar-refractivity contribution in [1.82, 2.24) is 10.2 Å². The first-order chi connectivity index (χ1) is 13.2. The summed E-state index contributed by atoms with van der Waals surface area (Å²) in [6.07, 6.45) is 5.91. The number of allylic oxidation sites excluding steroid dienone is 3. The van der Waals surface area contributed by atoms with Gasteiger partial charge in [0.2, 0.25) is 5.91 Å². The van der Waals surface area contributed by atoms with E-state index < -0.39 is 5.41 Å². The summed E-state index contributed by atoms with van der Waals surface area (Å²) in [6, 6.07) is 6.37. The van der Waals surface area contributed by atoms with Gasteiger partial charge < -0.3 is 10.2 Å². The van der Waals surface area contributed by atoms with E-state index in [-0.39, 0.29) is 12.1 Å². The average Bonchev–Trinajstić information content (AvgIpc) is 2.86. The molecule has 5 nitrogen and oxygen atoms in total. The number of amides is 1. The Hall–Kier alpha value is -2.09. The molecule has 0 aromatic heterocycles. The number of amidine groups is 1. The second-order valence-corrected chi connectivity index (χ2v) is 9.30. The van der Waals surface area contributed by atoms with Gasteiger partial charge in [-0.15, -0.1) is 0 Å². The van der Waals surface area contributed by atoms with Crippen LogP contribution in [0.5, 0.6) is 0 Å². The number of likely N-dealkylation sites (N-methyl/N-ethyl adjacent to an activating group) is 1. The van der Waals surface area contributed by atoms with Crippen LogP contribution in [0.2, 0.25) is 0 Å². The molecule has 0 aliphatic carbocycles. The van der Waals surface area contributed by atoms with Gasteiger partial charge in [0, 0.05) is 29.1 Å². The van der Waals surface area contributed by atoms with Gasteiger partial charge in [-0.25, -0.2) is 4.99 Å². The number of dihydropyridines is 1. The van der Waals surface area contributed by atoms with Crippen LogP contribution in [-0.4, -0.2) is 36.4 Å². The fraction of sp³-hybridized carbons (Fsp3) is 0.364. The molecule has 1 aromatic rings. The molecular formula is C22H25IN4O. The van der Waals surface area contributed by atoms with Crippen molar-refractivity contribution in [3.8, 4) is 0 Å². The van der Waals surface area contributed by atoms with E-state index in [1.54, 1.807) is 0 Å². The van der Waals surface area contributed by atoms with Gasteiger partial charge >= 0.3 is 0 Å². The van der Waals surface area contributed by atoms with E-state index in [9.17, 15) is 4.79 Å². The summed E-state index contributed by atoms with van der Waals surface area (Å²) < 4.78 is 1.16. The van der Waals surface area contributed by atoms with Gasteiger partial charge in [0.15, 0.2) is 0 Å². The highest BCUT2D eigenvalue weighted by Gasteiger charge is 2.46. The predicted molar refractivity (Wildman–Crippen MR) is 123 cm³/mol. The number of carbonyl (C=O) groups excluding carboxylic acids is 1. The summed E-state index contributed by atoms with van der Waals surface area (Å²) in [5.74, 6) is 1.13. The number of hydrogen-bond donors (Lipinski definition) is 1. The van der Waals surface area contributed by atoms with Crippen molar-refractivity contribution in [2.45, 2.75) is 39.3 Å². The molecule has 28 heavy (non-hydrogen) atoms. The highest BCUT2D eigenvalue weighted by Crippen LogP contribution is 2.44. The molecule has 0 bridgehead atoms. The van der Waals surface area contributed by atoms with Crippen molar-refractivity contribution in [3.63, 3.8) is 0 Å². The van der Waals surface area contributed by atoms with E-state index in [1.165, 1.54) is 0 Å². The van der Waals surface area contributed by atoms with Gasteiger partial charge in [-0.1, -0.05) is 12.1 Å². The number of benzene rings is 1. The molecule has 0 saturated carbocycles. The third kappa shape index (κ3) is 2.98. The lowest BCUT2D eigenvalue weighted by atomic mass is 9.85. The molecule has 1 N–H and O–H groups in total. The maximum Gasteiger partial charge on any atom is 0.239 e. The minimum atomic E-state index is -0.544. The molecule has 1 atom stereocenters. The summed E-state index contributed by atoms with van der Waals surface area (Å²) in [4.78, 5) is 21.9. The maximum atomic E-state index is 13.3. The first kappa shape index (κ1) is 19.2. The smallest absolute Gasteiger partial charge is 0.239 e. The van der Waals surface area contributed by atoms with Crippen molar-refractivity contribution in [2.24, 2.45) is 4.99 Å². The Balaban J connectivity index is 1.77. The molecule has 3 aliphatic heterocycles. The number of nitrogens with zero attached hydrogens (tertiary/aromatic N) is 3. The zero-order chi connectivity index (χ0) is 20.2.